The zero-order chi connectivity index (χ0) is 16.9. The number of nitrogens with one attached hydrogen (secondary N) is 2. The Balaban J connectivity index is 1.57. The molecule has 1 aromatic rings. The summed E-state index contributed by atoms with van der Waals surface area (Å²) >= 11 is 0. The molecular formula is C18H26N4O2. The van der Waals surface area contributed by atoms with E-state index < -0.39 is 0 Å². The fourth-order valence-electron chi connectivity index (χ4n) is 3.48. The van der Waals surface area contributed by atoms with Gasteiger partial charge in [0.2, 0.25) is 5.91 Å². The van der Waals surface area contributed by atoms with Gasteiger partial charge < -0.3 is 20.4 Å². The molecule has 2 unspecified atom stereocenters. The molecule has 0 saturated carbocycles. The molecule has 6 nitrogen and oxygen atoms in total. The second-order valence-corrected chi connectivity index (χ2v) is 6.72. The number of nitrogens with zero attached hydrogens (tertiary/aromatic N) is 2. The van der Waals surface area contributed by atoms with Crippen LogP contribution < -0.4 is 10.6 Å². The van der Waals surface area contributed by atoms with Crippen LogP contribution in [0.3, 0.4) is 0 Å². The van der Waals surface area contributed by atoms with Crippen molar-refractivity contribution in [2.24, 2.45) is 5.92 Å². The van der Waals surface area contributed by atoms with E-state index in [0.29, 0.717) is 19.1 Å². The number of anilines is 1. The number of likely N-dealkylation sites (tertiary alicyclic amines) is 1. The molecule has 3 amide bonds. The topological polar surface area (TPSA) is 64.7 Å². The van der Waals surface area contributed by atoms with Crippen molar-refractivity contribution in [1.29, 1.82) is 0 Å². The molecule has 24 heavy (non-hydrogen) atoms. The van der Waals surface area contributed by atoms with E-state index in [1.54, 1.807) is 4.90 Å². The van der Waals surface area contributed by atoms with Crippen molar-refractivity contribution in [3.8, 4) is 0 Å². The van der Waals surface area contributed by atoms with Crippen molar-refractivity contribution >= 4 is 17.6 Å². The lowest BCUT2D eigenvalue weighted by Gasteiger charge is -2.38. The SMILES string of the molecule is CC1CN(C(=O)C2CCCN(C(=O)Nc3ccccc3)C2)CCN1. The normalized spacial score (nSPS) is 24.5. The molecule has 2 heterocycles. The third-order valence-electron chi connectivity index (χ3n) is 4.76. The summed E-state index contributed by atoms with van der Waals surface area (Å²) in [5, 5.41) is 6.27. The fourth-order valence-corrected chi connectivity index (χ4v) is 3.48. The Morgan fingerprint density at radius 2 is 1.92 bits per heavy atom. The summed E-state index contributed by atoms with van der Waals surface area (Å²) < 4.78 is 0. The van der Waals surface area contributed by atoms with Gasteiger partial charge in [-0.1, -0.05) is 18.2 Å². The van der Waals surface area contributed by atoms with Gasteiger partial charge in [0.05, 0.1) is 5.92 Å². The van der Waals surface area contributed by atoms with Crippen LogP contribution in [-0.4, -0.2) is 60.5 Å². The first kappa shape index (κ1) is 16.8. The molecule has 2 fully saturated rings. The van der Waals surface area contributed by atoms with E-state index in [0.717, 1.165) is 38.2 Å². The van der Waals surface area contributed by atoms with Gasteiger partial charge in [-0.2, -0.15) is 0 Å². The Morgan fingerprint density at radius 1 is 1.12 bits per heavy atom. The summed E-state index contributed by atoms with van der Waals surface area (Å²) in [5.41, 5.74) is 0.784. The van der Waals surface area contributed by atoms with E-state index in [1.165, 1.54) is 0 Å². The van der Waals surface area contributed by atoms with Gasteiger partial charge in [0.15, 0.2) is 0 Å². The van der Waals surface area contributed by atoms with Crippen LogP contribution in [0.1, 0.15) is 19.8 Å². The van der Waals surface area contributed by atoms with Crippen LogP contribution in [0.15, 0.2) is 30.3 Å². The van der Waals surface area contributed by atoms with Crippen molar-refractivity contribution in [2.45, 2.75) is 25.8 Å². The molecular weight excluding hydrogens is 304 g/mol. The number of rotatable bonds is 2. The summed E-state index contributed by atoms with van der Waals surface area (Å²) in [6.45, 7) is 5.68. The van der Waals surface area contributed by atoms with Crippen molar-refractivity contribution in [3.05, 3.63) is 30.3 Å². The molecule has 1 aromatic carbocycles. The highest BCUT2D eigenvalue weighted by Crippen LogP contribution is 2.20. The first-order chi connectivity index (χ1) is 11.6. The van der Waals surface area contributed by atoms with E-state index in [-0.39, 0.29) is 17.9 Å². The summed E-state index contributed by atoms with van der Waals surface area (Å²) in [5.74, 6) is 0.117. The molecule has 2 atom stereocenters. The summed E-state index contributed by atoms with van der Waals surface area (Å²) in [7, 11) is 0. The molecule has 2 saturated heterocycles. The van der Waals surface area contributed by atoms with Crippen LogP contribution in [0.25, 0.3) is 0 Å². The largest absolute Gasteiger partial charge is 0.340 e. The Kier molecular flexibility index (Phi) is 5.35. The van der Waals surface area contributed by atoms with Crippen molar-refractivity contribution < 1.29 is 9.59 Å². The van der Waals surface area contributed by atoms with E-state index in [1.807, 2.05) is 35.2 Å². The highest BCUT2D eigenvalue weighted by molar-refractivity contribution is 5.90. The molecule has 2 aliphatic heterocycles. The molecule has 0 aliphatic carbocycles. The average molecular weight is 330 g/mol. The van der Waals surface area contributed by atoms with Crippen molar-refractivity contribution in [3.63, 3.8) is 0 Å². The maximum atomic E-state index is 12.8. The number of carbonyl (C=O) groups is 2. The van der Waals surface area contributed by atoms with Gasteiger partial charge >= 0.3 is 6.03 Å². The molecule has 3 rings (SSSR count). The predicted octanol–water partition coefficient (Wildman–Crippen LogP) is 1.75. The predicted molar refractivity (Wildman–Crippen MR) is 93.8 cm³/mol. The van der Waals surface area contributed by atoms with E-state index in [2.05, 4.69) is 17.6 Å². The third-order valence-corrected chi connectivity index (χ3v) is 4.76. The van der Waals surface area contributed by atoms with Crippen LogP contribution >= 0.6 is 0 Å². The number of amides is 3. The zero-order valence-electron chi connectivity index (χ0n) is 14.2. The minimum absolute atomic E-state index is 0.0782. The van der Waals surface area contributed by atoms with Crippen molar-refractivity contribution in [2.75, 3.05) is 38.0 Å². The number of hydrogen-bond acceptors (Lipinski definition) is 3. The number of para-hydroxylation sites is 1. The summed E-state index contributed by atoms with van der Waals surface area (Å²) in [4.78, 5) is 28.9. The maximum Gasteiger partial charge on any atom is 0.321 e. The van der Waals surface area contributed by atoms with E-state index >= 15 is 0 Å². The second-order valence-electron chi connectivity index (χ2n) is 6.72. The number of urea groups is 1. The number of piperidine rings is 1. The van der Waals surface area contributed by atoms with Crippen molar-refractivity contribution in [1.82, 2.24) is 15.1 Å². The Labute approximate surface area is 143 Å². The molecule has 2 aliphatic rings. The summed E-state index contributed by atoms with van der Waals surface area (Å²) in [6, 6.07) is 9.66. The van der Waals surface area contributed by atoms with Crippen LogP contribution in [-0.2, 0) is 4.79 Å². The van der Waals surface area contributed by atoms with Gasteiger partial charge in [-0.15, -0.1) is 0 Å². The lowest BCUT2D eigenvalue weighted by molar-refractivity contribution is -0.138. The van der Waals surface area contributed by atoms with Gasteiger partial charge in [0.1, 0.15) is 0 Å². The van der Waals surface area contributed by atoms with E-state index in [9.17, 15) is 9.59 Å². The van der Waals surface area contributed by atoms with Crippen LogP contribution in [0, 0.1) is 5.92 Å². The monoisotopic (exact) mass is 330 g/mol. The highest BCUT2D eigenvalue weighted by atomic mass is 16.2. The first-order valence-electron chi connectivity index (χ1n) is 8.76. The third kappa shape index (κ3) is 4.06. The van der Waals surface area contributed by atoms with Gasteiger partial charge in [-0.3, -0.25) is 4.79 Å². The van der Waals surface area contributed by atoms with Gasteiger partial charge in [-0.05, 0) is 31.9 Å². The quantitative estimate of drug-likeness (QED) is 0.868. The van der Waals surface area contributed by atoms with Gasteiger partial charge in [0.25, 0.3) is 0 Å². The van der Waals surface area contributed by atoms with Crippen LogP contribution in [0.5, 0.6) is 0 Å². The fraction of sp³-hybridized carbons (Fsp3) is 0.556. The van der Waals surface area contributed by atoms with Gasteiger partial charge in [0, 0.05) is 44.5 Å². The molecule has 0 spiro atoms. The minimum Gasteiger partial charge on any atom is -0.340 e. The molecule has 0 bridgehead atoms. The van der Waals surface area contributed by atoms with Crippen LogP contribution in [0.2, 0.25) is 0 Å². The lowest BCUT2D eigenvalue weighted by Crippen LogP contribution is -2.55. The molecule has 0 aromatic heterocycles. The Hall–Kier alpha value is -2.08. The van der Waals surface area contributed by atoms with E-state index in [4.69, 9.17) is 0 Å². The maximum absolute atomic E-state index is 12.8. The average Bonchev–Trinajstić information content (AvgIpc) is 2.62. The molecule has 0 radical (unpaired) electrons. The molecule has 130 valence electrons. The first-order valence-corrected chi connectivity index (χ1v) is 8.76. The zero-order valence-corrected chi connectivity index (χ0v) is 14.2. The lowest BCUT2D eigenvalue weighted by atomic mass is 9.96. The number of piperazine rings is 1. The smallest absolute Gasteiger partial charge is 0.321 e. The summed E-state index contributed by atoms with van der Waals surface area (Å²) in [6.07, 6.45) is 1.74. The standard InChI is InChI=1S/C18H26N4O2/c1-14-12-21(11-9-19-14)17(23)15-6-5-10-22(13-15)18(24)20-16-7-3-2-4-8-16/h2-4,7-8,14-15,19H,5-6,9-13H2,1H3,(H,20,24). The second kappa shape index (κ2) is 7.66. The number of carbonyl (C=O) groups excluding carboxylic acids is 2. The number of benzene rings is 1. The number of hydrogen-bond donors (Lipinski definition) is 2. The molecule has 2 N–H and O–H groups in total. The van der Waals surface area contributed by atoms with Gasteiger partial charge in [-0.25, -0.2) is 4.79 Å². The Morgan fingerprint density at radius 3 is 2.67 bits per heavy atom. The molecule has 6 heteroatoms. The van der Waals surface area contributed by atoms with Crippen LogP contribution in [0.4, 0.5) is 10.5 Å². The highest BCUT2D eigenvalue weighted by Gasteiger charge is 2.32. The Bertz CT molecular complexity index is 578. The minimum atomic E-state index is -0.118.